The molecule has 1 unspecified atom stereocenters. The summed E-state index contributed by atoms with van der Waals surface area (Å²) in [4.78, 5) is 32.1. The van der Waals surface area contributed by atoms with E-state index in [4.69, 9.17) is 0 Å². The Morgan fingerprint density at radius 1 is 1.11 bits per heavy atom. The molecule has 0 spiro atoms. The number of nitrogens with one attached hydrogen (secondary N) is 2. The van der Waals surface area contributed by atoms with Crippen molar-refractivity contribution in [1.29, 1.82) is 0 Å². The molecule has 28 heavy (non-hydrogen) atoms. The van der Waals surface area contributed by atoms with E-state index in [1.807, 2.05) is 60.7 Å². The van der Waals surface area contributed by atoms with Gasteiger partial charge in [-0.2, -0.15) is 0 Å². The first-order valence-electron chi connectivity index (χ1n) is 9.15. The number of benzene rings is 2. The molecular weight excluding hydrogens is 370 g/mol. The zero-order valence-corrected chi connectivity index (χ0v) is 16.8. The largest absolute Gasteiger partial charge is 0.352 e. The topological polar surface area (TPSA) is 74.8 Å². The summed E-state index contributed by atoms with van der Waals surface area (Å²) in [7, 11) is 0. The summed E-state index contributed by atoms with van der Waals surface area (Å²) in [6, 6.07) is 19.7. The average Bonchev–Trinajstić information content (AvgIpc) is 2.70. The van der Waals surface area contributed by atoms with Gasteiger partial charge in [-0.3, -0.25) is 9.59 Å². The number of amides is 1. The van der Waals surface area contributed by atoms with Crippen LogP contribution < -0.4 is 10.9 Å². The molecule has 0 fully saturated rings. The van der Waals surface area contributed by atoms with Gasteiger partial charge in [-0.15, -0.1) is 0 Å². The predicted octanol–water partition coefficient (Wildman–Crippen LogP) is 3.79. The standard InChI is InChI=1S/C22H23N3O2S/c1-15-19(13-20(26)23-14-17-9-5-3-6-10-17)21(27)25-22(24-15)28-16(2)18-11-7-4-8-12-18/h3-12,16H,13-14H2,1-2H3,(H,23,26)(H,24,25,27). The van der Waals surface area contributed by atoms with E-state index in [2.05, 4.69) is 22.2 Å². The highest BCUT2D eigenvalue weighted by atomic mass is 32.2. The molecule has 6 heteroatoms. The number of hydrogen-bond acceptors (Lipinski definition) is 4. The maximum Gasteiger partial charge on any atom is 0.255 e. The summed E-state index contributed by atoms with van der Waals surface area (Å²) >= 11 is 1.49. The van der Waals surface area contributed by atoms with Gasteiger partial charge in [0.2, 0.25) is 5.91 Å². The lowest BCUT2D eigenvalue weighted by atomic mass is 10.1. The number of hydrogen-bond donors (Lipinski definition) is 2. The number of carbonyl (C=O) groups excluding carboxylic acids is 1. The van der Waals surface area contributed by atoms with E-state index < -0.39 is 0 Å². The van der Waals surface area contributed by atoms with Gasteiger partial charge in [-0.1, -0.05) is 72.4 Å². The predicted molar refractivity (Wildman–Crippen MR) is 112 cm³/mol. The van der Waals surface area contributed by atoms with Gasteiger partial charge in [0.1, 0.15) is 0 Å². The monoisotopic (exact) mass is 393 g/mol. The number of nitrogens with zero attached hydrogens (tertiary/aromatic N) is 1. The zero-order chi connectivity index (χ0) is 19.9. The highest BCUT2D eigenvalue weighted by Gasteiger charge is 2.15. The van der Waals surface area contributed by atoms with Crippen molar-refractivity contribution < 1.29 is 4.79 Å². The zero-order valence-electron chi connectivity index (χ0n) is 15.9. The van der Waals surface area contributed by atoms with Crippen molar-refractivity contribution in [2.45, 2.75) is 37.2 Å². The summed E-state index contributed by atoms with van der Waals surface area (Å²) in [5.74, 6) is -0.197. The van der Waals surface area contributed by atoms with E-state index in [1.54, 1.807) is 6.92 Å². The number of rotatable bonds is 7. The maximum absolute atomic E-state index is 12.5. The first kappa shape index (κ1) is 19.9. The van der Waals surface area contributed by atoms with Gasteiger partial charge >= 0.3 is 0 Å². The Bertz CT molecular complexity index is 988. The van der Waals surface area contributed by atoms with Crippen molar-refractivity contribution in [3.8, 4) is 0 Å². The molecule has 0 saturated carbocycles. The van der Waals surface area contributed by atoms with Crippen LogP contribution in [0.3, 0.4) is 0 Å². The van der Waals surface area contributed by atoms with Crippen LogP contribution in [0.5, 0.6) is 0 Å². The maximum atomic E-state index is 12.5. The van der Waals surface area contributed by atoms with Crippen LogP contribution in [0.1, 0.15) is 34.6 Å². The molecular formula is C22H23N3O2S. The molecule has 5 nitrogen and oxygen atoms in total. The van der Waals surface area contributed by atoms with Crippen LogP contribution in [0.4, 0.5) is 0 Å². The van der Waals surface area contributed by atoms with Crippen LogP contribution in [-0.2, 0) is 17.8 Å². The summed E-state index contributed by atoms with van der Waals surface area (Å²) in [6.45, 7) is 4.28. The second-order valence-corrected chi connectivity index (χ2v) is 7.87. The fourth-order valence-corrected chi connectivity index (χ4v) is 3.80. The van der Waals surface area contributed by atoms with E-state index in [-0.39, 0.29) is 23.1 Å². The Balaban J connectivity index is 1.64. The van der Waals surface area contributed by atoms with Gasteiger partial charge in [-0.05, 0) is 25.0 Å². The van der Waals surface area contributed by atoms with Gasteiger partial charge < -0.3 is 10.3 Å². The van der Waals surface area contributed by atoms with Crippen LogP contribution >= 0.6 is 11.8 Å². The molecule has 0 bridgehead atoms. The minimum atomic E-state index is -0.259. The highest BCUT2D eigenvalue weighted by Crippen LogP contribution is 2.32. The van der Waals surface area contributed by atoms with Crippen molar-refractivity contribution in [2.24, 2.45) is 0 Å². The Kier molecular flexibility index (Phi) is 6.66. The molecule has 3 rings (SSSR count). The molecule has 1 amide bonds. The summed E-state index contributed by atoms with van der Waals surface area (Å²) < 4.78 is 0. The summed E-state index contributed by atoms with van der Waals surface area (Å²) in [6.07, 6.45) is 0.0141. The third-order valence-electron chi connectivity index (χ3n) is 4.43. The molecule has 0 radical (unpaired) electrons. The number of H-pyrrole nitrogens is 1. The van der Waals surface area contributed by atoms with Crippen molar-refractivity contribution in [3.63, 3.8) is 0 Å². The molecule has 1 atom stereocenters. The van der Waals surface area contributed by atoms with Crippen molar-refractivity contribution >= 4 is 17.7 Å². The molecule has 1 aromatic heterocycles. The van der Waals surface area contributed by atoms with Crippen molar-refractivity contribution in [3.05, 3.63) is 93.4 Å². The molecule has 2 aromatic carbocycles. The van der Waals surface area contributed by atoms with Crippen LogP contribution in [-0.4, -0.2) is 15.9 Å². The van der Waals surface area contributed by atoms with Crippen LogP contribution in [0.25, 0.3) is 0 Å². The second kappa shape index (κ2) is 9.37. The Labute approximate surface area is 168 Å². The number of carbonyl (C=O) groups is 1. The molecule has 144 valence electrons. The molecule has 0 aliphatic rings. The second-order valence-electron chi connectivity index (χ2n) is 6.54. The third-order valence-corrected chi connectivity index (χ3v) is 5.47. The SMILES string of the molecule is Cc1nc(SC(C)c2ccccc2)[nH]c(=O)c1CC(=O)NCc1ccccc1. The quantitative estimate of drug-likeness (QED) is 0.473. The van der Waals surface area contributed by atoms with E-state index in [9.17, 15) is 9.59 Å². The minimum absolute atomic E-state index is 0.0141. The highest BCUT2D eigenvalue weighted by molar-refractivity contribution is 7.99. The van der Waals surface area contributed by atoms with Crippen LogP contribution in [0.15, 0.2) is 70.6 Å². The van der Waals surface area contributed by atoms with E-state index >= 15 is 0 Å². The average molecular weight is 394 g/mol. The number of aromatic amines is 1. The first-order chi connectivity index (χ1) is 13.5. The molecule has 0 saturated heterocycles. The van der Waals surface area contributed by atoms with Crippen molar-refractivity contribution in [2.75, 3.05) is 0 Å². The van der Waals surface area contributed by atoms with Crippen LogP contribution in [0.2, 0.25) is 0 Å². The summed E-state index contributed by atoms with van der Waals surface area (Å²) in [5.41, 5.74) is 2.91. The Hall–Kier alpha value is -2.86. The molecule has 1 heterocycles. The van der Waals surface area contributed by atoms with Gasteiger partial charge in [0.15, 0.2) is 5.16 Å². The van der Waals surface area contributed by atoms with Crippen LogP contribution in [0, 0.1) is 6.92 Å². The molecule has 0 aliphatic carbocycles. The lowest BCUT2D eigenvalue weighted by molar-refractivity contribution is -0.120. The van der Waals surface area contributed by atoms with Gasteiger partial charge in [-0.25, -0.2) is 4.98 Å². The number of aromatic nitrogens is 2. The Morgan fingerprint density at radius 2 is 1.75 bits per heavy atom. The van der Waals surface area contributed by atoms with E-state index in [0.29, 0.717) is 23.0 Å². The Morgan fingerprint density at radius 3 is 2.39 bits per heavy atom. The van der Waals surface area contributed by atoms with Gasteiger partial charge in [0, 0.05) is 23.1 Å². The molecule has 2 N–H and O–H groups in total. The smallest absolute Gasteiger partial charge is 0.255 e. The fourth-order valence-electron chi connectivity index (χ4n) is 2.83. The first-order valence-corrected chi connectivity index (χ1v) is 10.0. The van der Waals surface area contributed by atoms with Gasteiger partial charge in [0.05, 0.1) is 6.42 Å². The summed E-state index contributed by atoms with van der Waals surface area (Å²) in [5, 5.41) is 3.56. The lowest BCUT2D eigenvalue weighted by Crippen LogP contribution is -2.28. The fraction of sp³-hybridized carbons (Fsp3) is 0.227. The van der Waals surface area contributed by atoms with E-state index in [1.165, 1.54) is 11.8 Å². The van der Waals surface area contributed by atoms with Gasteiger partial charge in [0.25, 0.3) is 5.56 Å². The normalized spacial score (nSPS) is 11.8. The lowest BCUT2D eigenvalue weighted by Gasteiger charge is -2.12. The third kappa shape index (κ3) is 5.33. The number of thioether (sulfide) groups is 1. The number of aryl methyl sites for hydroxylation is 1. The minimum Gasteiger partial charge on any atom is -0.352 e. The van der Waals surface area contributed by atoms with E-state index in [0.717, 1.165) is 11.1 Å². The molecule has 0 aliphatic heterocycles. The molecule has 3 aromatic rings. The van der Waals surface area contributed by atoms with Crippen molar-refractivity contribution in [1.82, 2.24) is 15.3 Å².